The van der Waals surface area contributed by atoms with Gasteiger partial charge in [-0.15, -0.1) is 0 Å². The number of hydrogen-bond acceptors (Lipinski definition) is 4. The summed E-state index contributed by atoms with van der Waals surface area (Å²) in [5.41, 5.74) is -1.74. The fraction of sp³-hybridized carbons (Fsp3) is 0.333. The van der Waals surface area contributed by atoms with Gasteiger partial charge in [-0.1, -0.05) is 6.08 Å². The lowest BCUT2D eigenvalue weighted by Crippen LogP contribution is -2.20. The number of rotatable bonds is 2. The molecule has 0 fully saturated rings. The van der Waals surface area contributed by atoms with Crippen LogP contribution in [0.3, 0.4) is 0 Å². The van der Waals surface area contributed by atoms with Crippen molar-refractivity contribution >= 4 is 0 Å². The van der Waals surface area contributed by atoms with Gasteiger partial charge in [0, 0.05) is 12.5 Å². The summed E-state index contributed by atoms with van der Waals surface area (Å²) in [5.74, 6) is 0. The second-order valence-corrected chi connectivity index (χ2v) is 2.39. The van der Waals surface area contributed by atoms with Crippen molar-refractivity contribution in [2.75, 3.05) is 0 Å². The minimum Gasteiger partial charge on any atom is -0.258 e. The van der Waals surface area contributed by atoms with E-state index in [9.17, 15) is 24.6 Å². The molecule has 7 heteroatoms. The van der Waals surface area contributed by atoms with E-state index in [4.69, 9.17) is 0 Å². The molecule has 0 spiro atoms. The van der Waals surface area contributed by atoms with Crippen LogP contribution in [0.25, 0.3) is 0 Å². The lowest BCUT2D eigenvalue weighted by Gasteiger charge is -2.05. The molecule has 0 aliphatic heterocycles. The molecule has 70 valence electrons. The Labute approximate surface area is 71.7 Å². The molecule has 1 unspecified atom stereocenters. The second-order valence-electron chi connectivity index (χ2n) is 2.39. The number of halogens is 1. The highest BCUT2D eigenvalue weighted by atomic mass is 19.1. The van der Waals surface area contributed by atoms with E-state index in [0.717, 1.165) is 6.08 Å². The first kappa shape index (κ1) is 9.30. The first-order valence-electron chi connectivity index (χ1n) is 3.37. The predicted molar refractivity (Wildman–Crippen MR) is 39.7 cm³/mol. The van der Waals surface area contributed by atoms with Gasteiger partial charge in [0.1, 0.15) is 0 Å². The van der Waals surface area contributed by atoms with Crippen molar-refractivity contribution in [3.05, 3.63) is 43.8 Å². The van der Waals surface area contributed by atoms with Crippen LogP contribution in [0.4, 0.5) is 4.39 Å². The van der Waals surface area contributed by atoms with Gasteiger partial charge in [0.2, 0.25) is 6.17 Å². The summed E-state index contributed by atoms with van der Waals surface area (Å²) in [6, 6.07) is 0. The molecule has 0 saturated carbocycles. The molecule has 0 heterocycles. The molecular weight excluding hydrogens is 183 g/mol. The van der Waals surface area contributed by atoms with Gasteiger partial charge in [-0.25, -0.2) is 4.39 Å². The van der Waals surface area contributed by atoms with Crippen LogP contribution in [-0.2, 0) is 0 Å². The molecule has 6 nitrogen and oxygen atoms in total. The van der Waals surface area contributed by atoms with Crippen LogP contribution in [0.5, 0.6) is 0 Å². The van der Waals surface area contributed by atoms with Crippen LogP contribution in [0, 0.1) is 20.2 Å². The molecule has 0 aromatic rings. The maximum absolute atomic E-state index is 12.9. The number of alkyl halides is 1. The minimum absolute atomic E-state index is 0.187. The van der Waals surface area contributed by atoms with Crippen molar-refractivity contribution in [3.8, 4) is 0 Å². The summed E-state index contributed by atoms with van der Waals surface area (Å²) in [6.45, 7) is 0. The van der Waals surface area contributed by atoms with E-state index >= 15 is 0 Å². The van der Waals surface area contributed by atoms with Gasteiger partial charge in [0.25, 0.3) is 0 Å². The van der Waals surface area contributed by atoms with Gasteiger partial charge < -0.3 is 0 Å². The Morgan fingerprint density at radius 1 is 1.38 bits per heavy atom. The molecule has 0 aromatic carbocycles. The molecule has 0 radical (unpaired) electrons. The van der Waals surface area contributed by atoms with E-state index < -0.39 is 27.4 Å². The van der Waals surface area contributed by atoms with Crippen LogP contribution >= 0.6 is 0 Å². The van der Waals surface area contributed by atoms with E-state index in [1.165, 1.54) is 6.08 Å². The molecule has 1 atom stereocenters. The zero-order valence-corrected chi connectivity index (χ0v) is 6.34. The quantitative estimate of drug-likeness (QED) is 0.478. The summed E-state index contributed by atoms with van der Waals surface area (Å²) < 4.78 is 12.9. The van der Waals surface area contributed by atoms with Gasteiger partial charge >= 0.3 is 11.4 Å². The maximum atomic E-state index is 12.9. The number of nitro groups is 2. The van der Waals surface area contributed by atoms with Crippen LogP contribution in [0.2, 0.25) is 0 Å². The molecule has 0 saturated heterocycles. The third kappa shape index (κ3) is 1.68. The molecule has 0 bridgehead atoms. The SMILES string of the molecule is O=[N+]([O-])C1=C([N+](=O)[O-])C(F)CC=C1. The number of hydrogen-bond donors (Lipinski definition) is 0. The van der Waals surface area contributed by atoms with Gasteiger partial charge in [-0.05, 0) is 0 Å². The highest BCUT2D eigenvalue weighted by Crippen LogP contribution is 2.22. The summed E-state index contributed by atoms with van der Waals surface area (Å²) in [5, 5.41) is 20.5. The Hall–Kier alpha value is -1.79. The van der Waals surface area contributed by atoms with Gasteiger partial charge in [-0.2, -0.15) is 0 Å². The molecule has 13 heavy (non-hydrogen) atoms. The Bertz CT molecular complexity index is 323. The van der Waals surface area contributed by atoms with E-state index in [1.54, 1.807) is 0 Å². The monoisotopic (exact) mass is 188 g/mol. The normalized spacial score (nSPS) is 21.8. The third-order valence-corrected chi connectivity index (χ3v) is 1.57. The summed E-state index contributed by atoms with van der Waals surface area (Å²) in [4.78, 5) is 18.5. The zero-order valence-electron chi connectivity index (χ0n) is 6.34. The van der Waals surface area contributed by atoms with Crippen LogP contribution in [0.15, 0.2) is 23.5 Å². The minimum atomic E-state index is -1.89. The van der Waals surface area contributed by atoms with Crippen molar-refractivity contribution in [1.82, 2.24) is 0 Å². The first-order valence-corrected chi connectivity index (χ1v) is 3.37. The van der Waals surface area contributed by atoms with E-state index in [0.29, 0.717) is 0 Å². The smallest absolute Gasteiger partial charge is 0.258 e. The number of nitrogens with zero attached hydrogens (tertiary/aromatic N) is 2. The topological polar surface area (TPSA) is 86.3 Å². The number of allylic oxidation sites excluding steroid dienone is 3. The largest absolute Gasteiger partial charge is 0.356 e. The molecule has 1 rings (SSSR count). The zero-order chi connectivity index (χ0) is 10.0. The van der Waals surface area contributed by atoms with Crippen LogP contribution in [0.1, 0.15) is 6.42 Å². The third-order valence-electron chi connectivity index (χ3n) is 1.57. The molecule has 0 N–H and O–H groups in total. The summed E-state index contributed by atoms with van der Waals surface area (Å²) in [7, 11) is 0. The van der Waals surface area contributed by atoms with Gasteiger partial charge in [0.05, 0.1) is 9.85 Å². The van der Waals surface area contributed by atoms with Gasteiger partial charge in [-0.3, -0.25) is 20.2 Å². The lowest BCUT2D eigenvalue weighted by molar-refractivity contribution is -0.473. The predicted octanol–water partition coefficient (Wildman–Crippen LogP) is 1.05. The van der Waals surface area contributed by atoms with Crippen LogP contribution < -0.4 is 0 Å². The molecular formula is C6H5FN2O4. The van der Waals surface area contributed by atoms with Crippen molar-refractivity contribution in [2.24, 2.45) is 0 Å². The van der Waals surface area contributed by atoms with E-state index in [2.05, 4.69) is 0 Å². The fourth-order valence-corrected chi connectivity index (χ4v) is 1.02. The maximum Gasteiger partial charge on any atom is 0.356 e. The van der Waals surface area contributed by atoms with Crippen LogP contribution in [-0.4, -0.2) is 16.0 Å². The molecule has 0 aromatic heterocycles. The summed E-state index contributed by atoms with van der Waals surface area (Å²) >= 11 is 0. The average molecular weight is 188 g/mol. The average Bonchev–Trinajstić information content (AvgIpc) is 2.02. The highest BCUT2D eigenvalue weighted by Gasteiger charge is 2.36. The first-order chi connectivity index (χ1) is 6.04. The van der Waals surface area contributed by atoms with Crippen molar-refractivity contribution in [3.63, 3.8) is 0 Å². The van der Waals surface area contributed by atoms with Gasteiger partial charge in [0.15, 0.2) is 0 Å². The second kappa shape index (κ2) is 3.30. The molecule has 1 aliphatic rings. The Kier molecular flexibility index (Phi) is 2.36. The fourth-order valence-electron chi connectivity index (χ4n) is 1.02. The lowest BCUT2D eigenvalue weighted by atomic mass is 10.1. The van der Waals surface area contributed by atoms with Crippen molar-refractivity contribution in [1.29, 1.82) is 0 Å². The molecule has 0 amide bonds. The highest BCUT2D eigenvalue weighted by molar-refractivity contribution is 5.22. The Balaban J connectivity index is 3.20. The van der Waals surface area contributed by atoms with E-state index in [-0.39, 0.29) is 6.42 Å². The Morgan fingerprint density at radius 2 is 2.00 bits per heavy atom. The van der Waals surface area contributed by atoms with Crippen molar-refractivity contribution in [2.45, 2.75) is 12.6 Å². The standard InChI is InChI=1S/C6H5FN2O4/c7-4-2-1-3-5(8(10)11)6(4)9(12)13/h1,3-4H,2H2. The molecule has 1 aliphatic carbocycles. The summed E-state index contributed by atoms with van der Waals surface area (Å²) in [6.07, 6.45) is 0.0814. The Morgan fingerprint density at radius 3 is 2.38 bits per heavy atom. The van der Waals surface area contributed by atoms with Crippen molar-refractivity contribution < 1.29 is 14.2 Å². The van der Waals surface area contributed by atoms with E-state index in [1.807, 2.05) is 0 Å².